The predicted molar refractivity (Wildman–Crippen MR) is 77.1 cm³/mol. The molecule has 7 heteroatoms. The number of benzene rings is 1. The summed E-state index contributed by atoms with van der Waals surface area (Å²) in [6, 6.07) is 12.7. The molecule has 0 spiro atoms. The van der Waals surface area contributed by atoms with Crippen molar-refractivity contribution in [1.29, 1.82) is 0 Å². The maximum atomic E-state index is 11.9. The van der Waals surface area contributed by atoms with Crippen molar-refractivity contribution in [2.75, 3.05) is 0 Å². The topological polar surface area (TPSA) is 46.7 Å². The molecule has 0 N–H and O–H groups in total. The summed E-state index contributed by atoms with van der Waals surface area (Å²) >= 11 is 4.71. The van der Waals surface area contributed by atoms with Gasteiger partial charge in [0, 0.05) is 16.2 Å². The Bertz CT molecular complexity index is 811. The van der Waals surface area contributed by atoms with E-state index in [1.807, 2.05) is 40.3 Å². The van der Waals surface area contributed by atoms with Crippen molar-refractivity contribution in [2.24, 2.45) is 4.99 Å². The first-order valence-electron chi connectivity index (χ1n) is 5.52. The maximum absolute atomic E-state index is 11.9. The molecule has 0 radical (unpaired) electrons. The second kappa shape index (κ2) is 6.43. The van der Waals surface area contributed by atoms with E-state index in [9.17, 15) is 4.79 Å². The predicted octanol–water partition coefficient (Wildman–Crippen LogP) is -0.0966. The van der Waals surface area contributed by atoms with Gasteiger partial charge in [-0.15, -0.1) is 0 Å². The molecule has 1 aromatic carbocycles. The van der Waals surface area contributed by atoms with Gasteiger partial charge in [0.15, 0.2) is 0 Å². The molecular weight excluding hydrogens is 406 g/mol. The molecule has 0 aliphatic heterocycles. The quantitative estimate of drug-likeness (QED) is 0.559. The largest absolute Gasteiger partial charge is 1.00 e. The van der Waals surface area contributed by atoms with Crippen LogP contribution >= 0.6 is 27.5 Å². The monoisotopic (exact) mass is 412 g/mol. The number of hydrogen-bond donors (Lipinski definition) is 0. The van der Waals surface area contributed by atoms with Crippen LogP contribution in [0.25, 0.3) is 5.65 Å². The van der Waals surface area contributed by atoms with Gasteiger partial charge in [-0.3, -0.25) is 8.58 Å². The molecule has 0 aliphatic rings. The lowest BCUT2D eigenvalue weighted by atomic mass is 10.2. The van der Waals surface area contributed by atoms with E-state index >= 15 is 0 Å². The van der Waals surface area contributed by atoms with Gasteiger partial charge in [0.05, 0.1) is 0 Å². The fourth-order valence-electron chi connectivity index (χ4n) is 1.59. The fraction of sp³-hybridized carbons (Fsp3) is 0. The molecule has 0 atom stereocenters. The lowest BCUT2D eigenvalue weighted by molar-refractivity contribution is -0.0000117. The number of pyridine rings is 1. The average molecular weight is 414 g/mol. The third-order valence-corrected chi connectivity index (χ3v) is 3.77. The highest BCUT2D eigenvalue weighted by atomic mass is 79.9. The molecule has 0 unspecified atom stereocenters. The van der Waals surface area contributed by atoms with Gasteiger partial charge in [0.2, 0.25) is 4.80 Å². The minimum atomic E-state index is -0.278. The van der Waals surface area contributed by atoms with Gasteiger partial charge in [-0.1, -0.05) is 18.2 Å². The summed E-state index contributed by atoms with van der Waals surface area (Å²) in [5.41, 5.74) is 1.33. The van der Waals surface area contributed by atoms with Crippen LogP contribution in [0.4, 0.5) is 0 Å². The Morgan fingerprint density at radius 2 is 1.95 bits per heavy atom. The van der Waals surface area contributed by atoms with E-state index < -0.39 is 0 Å². The van der Waals surface area contributed by atoms with Crippen molar-refractivity contribution in [2.45, 2.75) is 0 Å². The Morgan fingerprint density at radius 3 is 2.70 bits per heavy atom. The number of fused-ring (bicyclic) bond motifs is 1. The van der Waals surface area contributed by atoms with Gasteiger partial charge in [0.1, 0.15) is 5.65 Å². The highest BCUT2D eigenvalue weighted by Gasteiger charge is 2.04. The average Bonchev–Trinajstić information content (AvgIpc) is 2.81. The molecule has 0 saturated carbocycles. The van der Waals surface area contributed by atoms with E-state index in [4.69, 9.17) is 0 Å². The van der Waals surface area contributed by atoms with Crippen LogP contribution in [0.5, 0.6) is 0 Å². The number of nitrogens with zero attached hydrogens (tertiary/aromatic N) is 3. The van der Waals surface area contributed by atoms with Crippen LogP contribution in [0.3, 0.4) is 0 Å². The van der Waals surface area contributed by atoms with Crippen LogP contribution in [0.1, 0.15) is 10.4 Å². The van der Waals surface area contributed by atoms with Crippen LogP contribution in [0, 0.1) is 0 Å². The Labute approximate surface area is 137 Å². The second-order valence-corrected chi connectivity index (χ2v) is 5.66. The van der Waals surface area contributed by atoms with Crippen LogP contribution in [0.2, 0.25) is 0 Å². The minimum absolute atomic E-state index is 0. The zero-order chi connectivity index (χ0) is 13.2. The van der Waals surface area contributed by atoms with Crippen molar-refractivity contribution in [3.63, 3.8) is 0 Å². The minimum Gasteiger partial charge on any atom is -1.00 e. The summed E-state index contributed by atoms with van der Waals surface area (Å²) in [5.74, 6) is -0.278. The van der Waals surface area contributed by atoms with E-state index in [2.05, 4.69) is 25.9 Å². The van der Waals surface area contributed by atoms with E-state index in [0.29, 0.717) is 10.4 Å². The molecule has 0 bridgehead atoms. The molecule has 2 heterocycles. The molecular formula is C13H8Br2N3OS-. The van der Waals surface area contributed by atoms with Crippen LogP contribution in [0.15, 0.2) is 58.1 Å². The van der Waals surface area contributed by atoms with Crippen LogP contribution < -0.4 is 21.8 Å². The van der Waals surface area contributed by atoms with Crippen molar-refractivity contribution in [3.8, 4) is 0 Å². The Morgan fingerprint density at radius 1 is 1.20 bits per heavy atom. The van der Waals surface area contributed by atoms with Gasteiger partial charge < -0.3 is 17.0 Å². The van der Waals surface area contributed by atoms with E-state index in [1.165, 1.54) is 11.5 Å². The van der Waals surface area contributed by atoms with Crippen LogP contribution in [-0.2, 0) is 0 Å². The molecule has 3 rings (SSSR count). The molecule has 0 saturated heterocycles. The summed E-state index contributed by atoms with van der Waals surface area (Å²) in [6.07, 6.45) is 1.89. The summed E-state index contributed by atoms with van der Waals surface area (Å²) in [6.45, 7) is 0. The molecule has 20 heavy (non-hydrogen) atoms. The van der Waals surface area contributed by atoms with Gasteiger partial charge in [-0.2, -0.15) is 9.98 Å². The first-order chi connectivity index (χ1) is 9.22. The molecule has 4 nitrogen and oxygen atoms in total. The third-order valence-electron chi connectivity index (χ3n) is 2.47. The van der Waals surface area contributed by atoms with Crippen molar-refractivity contribution in [1.82, 2.24) is 8.77 Å². The number of carbonyl (C=O) groups excluding carboxylic acids is 1. The summed E-state index contributed by atoms with van der Waals surface area (Å²) in [5, 5.41) is 0. The first-order valence-corrected chi connectivity index (χ1v) is 7.08. The third kappa shape index (κ3) is 3.23. The summed E-state index contributed by atoms with van der Waals surface area (Å²) < 4.78 is 2.82. The number of rotatable bonds is 1. The van der Waals surface area contributed by atoms with Crippen molar-refractivity contribution < 1.29 is 21.8 Å². The van der Waals surface area contributed by atoms with E-state index in [0.717, 1.165) is 10.1 Å². The number of hydrogen-bond acceptors (Lipinski definition) is 3. The lowest BCUT2D eigenvalue weighted by Gasteiger charge is -1.90. The SMILES string of the molecule is O=C(N=c1nc2ccc(Br)cn2s1)c1ccccc1.[Br-]. The molecule has 0 aliphatic carbocycles. The molecule has 2 aromatic heterocycles. The van der Waals surface area contributed by atoms with Gasteiger partial charge in [0.25, 0.3) is 5.91 Å². The molecule has 1 amide bonds. The highest BCUT2D eigenvalue weighted by Crippen LogP contribution is 2.11. The van der Waals surface area contributed by atoms with Gasteiger partial charge in [-0.25, -0.2) is 0 Å². The Kier molecular flexibility index (Phi) is 4.85. The number of halogens is 2. The smallest absolute Gasteiger partial charge is 0.279 e. The highest BCUT2D eigenvalue weighted by molar-refractivity contribution is 9.10. The fourth-order valence-corrected chi connectivity index (χ4v) is 2.86. The summed E-state index contributed by atoms with van der Waals surface area (Å²) in [4.78, 5) is 20.7. The lowest BCUT2D eigenvalue weighted by Crippen LogP contribution is -3.00. The van der Waals surface area contributed by atoms with E-state index in [1.54, 1.807) is 12.1 Å². The number of carbonyl (C=O) groups is 1. The second-order valence-electron chi connectivity index (χ2n) is 3.80. The Balaban J connectivity index is 0.00000147. The molecule has 102 valence electrons. The zero-order valence-corrected chi connectivity index (χ0v) is 14.0. The number of amides is 1. The maximum Gasteiger partial charge on any atom is 0.279 e. The van der Waals surface area contributed by atoms with Crippen LogP contribution in [-0.4, -0.2) is 14.7 Å². The summed E-state index contributed by atoms with van der Waals surface area (Å²) in [7, 11) is 0. The Hall–Kier alpha value is -1.31. The van der Waals surface area contributed by atoms with Crippen molar-refractivity contribution in [3.05, 3.63) is 63.5 Å². The zero-order valence-electron chi connectivity index (χ0n) is 10.0. The van der Waals surface area contributed by atoms with E-state index in [-0.39, 0.29) is 22.9 Å². The van der Waals surface area contributed by atoms with Gasteiger partial charge in [-0.05, 0) is 51.7 Å². The standard InChI is InChI=1S/C13H8BrN3OS.BrH/c14-10-6-7-11-15-13(19-17(11)8-10)16-12(18)9-4-2-1-3-5-9;/h1-8H;1H/p-1. The van der Waals surface area contributed by atoms with Gasteiger partial charge >= 0.3 is 0 Å². The molecule has 3 aromatic rings. The first kappa shape index (κ1) is 15.1. The normalized spacial score (nSPS) is 11.3. The number of aromatic nitrogens is 2. The molecule has 0 fully saturated rings. The van der Waals surface area contributed by atoms with Crippen molar-refractivity contribution >= 4 is 39.0 Å².